The molecule has 1 unspecified atom stereocenters. The van der Waals surface area contributed by atoms with Crippen LogP contribution in [0.1, 0.15) is 17.5 Å². The van der Waals surface area contributed by atoms with Crippen LogP contribution < -0.4 is 4.90 Å². The van der Waals surface area contributed by atoms with Crippen molar-refractivity contribution in [3.05, 3.63) is 65.6 Å². The summed E-state index contributed by atoms with van der Waals surface area (Å²) in [5, 5.41) is 0.845. The Labute approximate surface area is 168 Å². The molecule has 1 fully saturated rings. The number of aromatic nitrogens is 1. The van der Waals surface area contributed by atoms with Crippen molar-refractivity contribution < 1.29 is 14.0 Å². The van der Waals surface area contributed by atoms with Crippen molar-refractivity contribution in [2.75, 3.05) is 24.5 Å². The number of halogens is 1. The van der Waals surface area contributed by atoms with Crippen LogP contribution in [0, 0.1) is 11.7 Å². The number of para-hydroxylation sites is 1. The molecule has 6 heteroatoms. The quantitative estimate of drug-likeness (QED) is 0.742. The molecular weight excluding hydrogens is 369 g/mol. The first-order chi connectivity index (χ1) is 14.1. The molecule has 0 spiro atoms. The van der Waals surface area contributed by atoms with Crippen LogP contribution in [0.5, 0.6) is 0 Å². The van der Waals surface area contributed by atoms with Gasteiger partial charge in [-0.3, -0.25) is 9.59 Å². The number of nitrogens with one attached hydrogen (secondary N) is 1. The van der Waals surface area contributed by atoms with Crippen molar-refractivity contribution in [2.45, 2.75) is 19.3 Å². The number of likely N-dealkylation sites (tertiary alicyclic amines) is 1. The lowest BCUT2D eigenvalue weighted by Gasteiger charge is -2.21. The summed E-state index contributed by atoms with van der Waals surface area (Å²) in [7, 11) is 0. The highest BCUT2D eigenvalue weighted by Gasteiger charge is 2.38. The van der Waals surface area contributed by atoms with Crippen molar-refractivity contribution in [3.8, 4) is 0 Å². The summed E-state index contributed by atoms with van der Waals surface area (Å²) < 4.78 is 13.6. The minimum atomic E-state index is -0.297. The zero-order valence-electron chi connectivity index (χ0n) is 16.0. The smallest absolute Gasteiger partial charge is 0.232 e. The molecule has 2 aromatic carbocycles. The van der Waals surface area contributed by atoms with E-state index >= 15 is 0 Å². The molecule has 1 atom stereocenters. The molecule has 1 aromatic heterocycles. The average Bonchev–Trinajstić information content (AvgIpc) is 3.42. The highest BCUT2D eigenvalue weighted by molar-refractivity contribution is 6.00. The predicted octanol–water partition coefficient (Wildman–Crippen LogP) is 3.29. The molecule has 148 valence electrons. The van der Waals surface area contributed by atoms with Gasteiger partial charge in [-0.05, 0) is 48.2 Å². The van der Waals surface area contributed by atoms with Crippen molar-refractivity contribution in [1.82, 2.24) is 9.88 Å². The van der Waals surface area contributed by atoms with Crippen molar-refractivity contribution in [1.29, 1.82) is 0 Å². The zero-order valence-corrected chi connectivity index (χ0v) is 16.0. The molecule has 3 aromatic rings. The van der Waals surface area contributed by atoms with Gasteiger partial charge in [-0.1, -0.05) is 18.2 Å². The zero-order chi connectivity index (χ0) is 20.0. The Kier molecular flexibility index (Phi) is 4.34. The van der Waals surface area contributed by atoms with E-state index in [2.05, 4.69) is 11.1 Å². The fourth-order valence-electron chi connectivity index (χ4n) is 4.55. The summed E-state index contributed by atoms with van der Waals surface area (Å²) in [5.74, 6) is -0.511. The first-order valence-corrected chi connectivity index (χ1v) is 10.0. The lowest BCUT2D eigenvalue weighted by atomic mass is 10.1. The van der Waals surface area contributed by atoms with E-state index in [1.54, 1.807) is 11.0 Å². The maximum absolute atomic E-state index is 13.6. The Morgan fingerprint density at radius 3 is 2.97 bits per heavy atom. The molecule has 0 radical (unpaired) electrons. The van der Waals surface area contributed by atoms with Gasteiger partial charge in [0.05, 0.1) is 5.92 Å². The number of rotatable bonds is 4. The van der Waals surface area contributed by atoms with Gasteiger partial charge in [0.15, 0.2) is 0 Å². The maximum atomic E-state index is 13.6. The van der Waals surface area contributed by atoms with Crippen LogP contribution in [-0.2, 0) is 22.4 Å². The number of anilines is 1. The summed E-state index contributed by atoms with van der Waals surface area (Å²) in [6.07, 6.45) is 3.63. The summed E-state index contributed by atoms with van der Waals surface area (Å²) in [5.41, 5.74) is 4.03. The molecule has 1 N–H and O–H groups in total. The maximum Gasteiger partial charge on any atom is 0.232 e. The largest absolute Gasteiger partial charge is 0.361 e. The van der Waals surface area contributed by atoms with Gasteiger partial charge in [-0.2, -0.15) is 0 Å². The number of benzene rings is 2. The van der Waals surface area contributed by atoms with Gasteiger partial charge in [-0.25, -0.2) is 4.39 Å². The molecule has 2 aliphatic heterocycles. The van der Waals surface area contributed by atoms with Gasteiger partial charge in [0.1, 0.15) is 5.82 Å². The monoisotopic (exact) mass is 391 g/mol. The van der Waals surface area contributed by atoms with E-state index in [4.69, 9.17) is 0 Å². The molecule has 5 rings (SSSR count). The number of H-pyrrole nitrogens is 1. The minimum absolute atomic E-state index is 0.0156. The lowest BCUT2D eigenvalue weighted by molar-refractivity contribution is -0.128. The normalized spacial score (nSPS) is 18.7. The summed E-state index contributed by atoms with van der Waals surface area (Å²) in [6, 6.07) is 12.6. The van der Waals surface area contributed by atoms with Crippen LogP contribution in [0.2, 0.25) is 0 Å². The SMILES string of the molecule is O=C1CC(C(=O)N2CCc3ccccc32)CN1CCc1c[nH]c2ccc(F)cc12. The van der Waals surface area contributed by atoms with Crippen LogP contribution >= 0.6 is 0 Å². The van der Waals surface area contributed by atoms with Gasteiger partial charge in [0.25, 0.3) is 0 Å². The molecule has 2 amide bonds. The Morgan fingerprint density at radius 2 is 2.07 bits per heavy atom. The number of aromatic amines is 1. The standard InChI is InChI=1S/C23H22FN3O2/c24-18-5-6-20-19(12-18)16(13-25-20)7-9-26-14-17(11-22(26)28)23(29)27-10-8-15-3-1-2-4-21(15)27/h1-6,12-13,17,25H,7-11,14H2. The van der Waals surface area contributed by atoms with Gasteiger partial charge in [0, 0.05) is 48.8 Å². The average molecular weight is 391 g/mol. The Balaban J connectivity index is 1.26. The van der Waals surface area contributed by atoms with Crippen LogP contribution in [-0.4, -0.2) is 41.3 Å². The molecule has 0 bridgehead atoms. The fourth-order valence-corrected chi connectivity index (χ4v) is 4.55. The summed E-state index contributed by atoms with van der Waals surface area (Å²) >= 11 is 0. The number of carbonyl (C=O) groups is 2. The second-order valence-corrected chi connectivity index (χ2v) is 7.86. The third-order valence-corrected chi connectivity index (χ3v) is 6.10. The molecule has 1 saturated heterocycles. The van der Waals surface area contributed by atoms with Gasteiger partial charge in [0.2, 0.25) is 11.8 Å². The summed E-state index contributed by atoms with van der Waals surface area (Å²) in [4.78, 5) is 32.3. The van der Waals surface area contributed by atoms with E-state index in [-0.39, 0.29) is 30.0 Å². The predicted molar refractivity (Wildman–Crippen MR) is 109 cm³/mol. The number of nitrogens with zero attached hydrogens (tertiary/aromatic N) is 2. The van der Waals surface area contributed by atoms with E-state index in [0.29, 0.717) is 26.1 Å². The van der Waals surface area contributed by atoms with Crippen LogP contribution in [0.3, 0.4) is 0 Å². The lowest BCUT2D eigenvalue weighted by Crippen LogP contribution is -2.36. The highest BCUT2D eigenvalue weighted by Crippen LogP contribution is 2.31. The Bertz CT molecular complexity index is 1110. The minimum Gasteiger partial charge on any atom is -0.361 e. The van der Waals surface area contributed by atoms with E-state index in [9.17, 15) is 14.0 Å². The molecule has 5 nitrogen and oxygen atoms in total. The van der Waals surface area contributed by atoms with Crippen molar-refractivity contribution in [3.63, 3.8) is 0 Å². The molecule has 0 aliphatic carbocycles. The van der Waals surface area contributed by atoms with Crippen LogP contribution in [0.4, 0.5) is 10.1 Å². The molecule has 2 aliphatic rings. The number of carbonyl (C=O) groups excluding carboxylic acids is 2. The molecular formula is C23H22FN3O2. The van der Waals surface area contributed by atoms with Crippen molar-refractivity contribution >= 4 is 28.4 Å². The molecule has 3 heterocycles. The first-order valence-electron chi connectivity index (χ1n) is 10.0. The number of hydrogen-bond donors (Lipinski definition) is 1. The van der Waals surface area contributed by atoms with Gasteiger partial charge < -0.3 is 14.8 Å². The molecule has 0 saturated carbocycles. The first kappa shape index (κ1) is 17.9. The Hall–Kier alpha value is -3.15. The Morgan fingerprint density at radius 1 is 1.21 bits per heavy atom. The third kappa shape index (κ3) is 3.18. The van der Waals surface area contributed by atoms with E-state index in [1.807, 2.05) is 29.3 Å². The summed E-state index contributed by atoms with van der Waals surface area (Å²) in [6.45, 7) is 1.67. The van der Waals surface area contributed by atoms with Crippen LogP contribution in [0.15, 0.2) is 48.7 Å². The number of fused-ring (bicyclic) bond motifs is 2. The number of amides is 2. The second kappa shape index (κ2) is 7.03. The molecule has 29 heavy (non-hydrogen) atoms. The van der Waals surface area contributed by atoms with Gasteiger partial charge >= 0.3 is 0 Å². The van der Waals surface area contributed by atoms with Crippen molar-refractivity contribution in [2.24, 2.45) is 5.92 Å². The van der Waals surface area contributed by atoms with Gasteiger partial charge in [-0.15, -0.1) is 0 Å². The third-order valence-electron chi connectivity index (χ3n) is 6.10. The van der Waals surface area contributed by atoms with Crippen LogP contribution in [0.25, 0.3) is 10.9 Å². The van der Waals surface area contributed by atoms with E-state index in [0.717, 1.165) is 28.6 Å². The topological polar surface area (TPSA) is 56.4 Å². The second-order valence-electron chi connectivity index (χ2n) is 7.86. The highest BCUT2D eigenvalue weighted by atomic mass is 19.1. The number of hydrogen-bond acceptors (Lipinski definition) is 2. The van der Waals surface area contributed by atoms with E-state index < -0.39 is 0 Å². The van der Waals surface area contributed by atoms with E-state index in [1.165, 1.54) is 17.7 Å². The fraction of sp³-hybridized carbons (Fsp3) is 0.304.